The van der Waals surface area contributed by atoms with Gasteiger partial charge >= 0.3 is 6.18 Å². The molecule has 2 aromatic carbocycles. The zero-order chi connectivity index (χ0) is 17.6. The van der Waals surface area contributed by atoms with Crippen LogP contribution < -0.4 is 14.8 Å². The van der Waals surface area contributed by atoms with Crippen LogP contribution >= 0.6 is 0 Å². The van der Waals surface area contributed by atoms with Crippen molar-refractivity contribution in [3.05, 3.63) is 59.2 Å². The number of benzene rings is 2. The molecule has 0 aliphatic rings. The van der Waals surface area contributed by atoms with E-state index in [-0.39, 0.29) is 6.54 Å². The number of nitrogens with one attached hydrogen (secondary N) is 1. The van der Waals surface area contributed by atoms with Crippen LogP contribution in [-0.4, -0.2) is 19.8 Å². The summed E-state index contributed by atoms with van der Waals surface area (Å²) < 4.78 is 47.5. The zero-order valence-corrected chi connectivity index (χ0v) is 13.6. The van der Waals surface area contributed by atoms with Gasteiger partial charge in [0.1, 0.15) is 18.1 Å². The van der Waals surface area contributed by atoms with E-state index < -0.39 is 12.7 Å². The fourth-order valence-electron chi connectivity index (χ4n) is 2.15. The Labute approximate surface area is 139 Å². The first-order valence-corrected chi connectivity index (χ1v) is 7.50. The standard InChI is InChI=1S/C18H20F3NO2/c1-13-3-5-14(6-4-13)11-24-16-8-7-15(17(9-16)23-2)10-22-12-18(19,20)21/h3-9,22H,10-12H2,1-2H3. The van der Waals surface area contributed by atoms with E-state index in [0.717, 1.165) is 5.56 Å². The second-order valence-electron chi connectivity index (χ2n) is 5.47. The Morgan fingerprint density at radius 3 is 2.38 bits per heavy atom. The Morgan fingerprint density at radius 2 is 1.75 bits per heavy atom. The Morgan fingerprint density at radius 1 is 1.04 bits per heavy atom. The molecule has 2 rings (SSSR count). The Hall–Kier alpha value is -2.21. The molecule has 24 heavy (non-hydrogen) atoms. The topological polar surface area (TPSA) is 30.5 Å². The average Bonchev–Trinajstić information content (AvgIpc) is 2.54. The fourth-order valence-corrected chi connectivity index (χ4v) is 2.15. The van der Waals surface area contributed by atoms with Gasteiger partial charge in [0.2, 0.25) is 0 Å². The summed E-state index contributed by atoms with van der Waals surface area (Å²) in [5.41, 5.74) is 2.86. The quantitative estimate of drug-likeness (QED) is 0.819. The number of aryl methyl sites for hydroxylation is 1. The van der Waals surface area contributed by atoms with E-state index in [1.807, 2.05) is 31.2 Å². The molecule has 6 heteroatoms. The molecule has 0 aliphatic carbocycles. The van der Waals surface area contributed by atoms with E-state index >= 15 is 0 Å². The molecular weight excluding hydrogens is 319 g/mol. The minimum absolute atomic E-state index is 0.0704. The molecule has 0 unspecified atom stereocenters. The molecule has 3 nitrogen and oxygen atoms in total. The highest BCUT2D eigenvalue weighted by molar-refractivity contribution is 5.40. The van der Waals surface area contributed by atoms with Gasteiger partial charge in [-0.05, 0) is 18.6 Å². The molecule has 0 amide bonds. The van der Waals surface area contributed by atoms with Crippen molar-refractivity contribution >= 4 is 0 Å². The van der Waals surface area contributed by atoms with E-state index in [9.17, 15) is 13.2 Å². The van der Waals surface area contributed by atoms with Crippen molar-refractivity contribution in [3.8, 4) is 11.5 Å². The first kappa shape index (κ1) is 18.1. The lowest BCUT2D eigenvalue weighted by molar-refractivity contribution is -0.125. The summed E-state index contributed by atoms with van der Waals surface area (Å²) in [6.45, 7) is 1.46. The highest BCUT2D eigenvalue weighted by Gasteiger charge is 2.26. The molecule has 0 atom stereocenters. The SMILES string of the molecule is COc1cc(OCc2ccc(C)cc2)ccc1CNCC(F)(F)F. The molecule has 0 spiro atoms. The van der Waals surface area contributed by atoms with Gasteiger partial charge in [-0.2, -0.15) is 13.2 Å². The van der Waals surface area contributed by atoms with Crippen LogP contribution in [0.3, 0.4) is 0 Å². The molecular formula is C18H20F3NO2. The van der Waals surface area contributed by atoms with Gasteiger partial charge < -0.3 is 14.8 Å². The monoisotopic (exact) mass is 339 g/mol. The zero-order valence-electron chi connectivity index (χ0n) is 13.6. The summed E-state index contributed by atoms with van der Waals surface area (Å²) >= 11 is 0. The van der Waals surface area contributed by atoms with Crippen LogP contribution in [0, 0.1) is 6.92 Å². The third-order valence-corrected chi connectivity index (χ3v) is 3.43. The molecule has 2 aromatic rings. The van der Waals surface area contributed by atoms with Crippen LogP contribution in [0.4, 0.5) is 13.2 Å². The normalized spacial score (nSPS) is 11.4. The van der Waals surface area contributed by atoms with Crippen LogP contribution in [0.25, 0.3) is 0 Å². The summed E-state index contributed by atoms with van der Waals surface area (Å²) in [5.74, 6) is 1.10. The van der Waals surface area contributed by atoms with Gasteiger partial charge in [-0.3, -0.25) is 0 Å². The highest BCUT2D eigenvalue weighted by atomic mass is 19.4. The summed E-state index contributed by atoms with van der Waals surface area (Å²) in [6.07, 6.45) is -4.23. The largest absolute Gasteiger partial charge is 0.496 e. The first-order valence-electron chi connectivity index (χ1n) is 7.50. The van der Waals surface area contributed by atoms with Gasteiger partial charge in [-0.25, -0.2) is 0 Å². The molecule has 0 heterocycles. The molecule has 0 saturated heterocycles. The number of methoxy groups -OCH3 is 1. The molecule has 0 aliphatic heterocycles. The van der Waals surface area contributed by atoms with Crippen molar-refractivity contribution in [2.24, 2.45) is 0 Å². The highest BCUT2D eigenvalue weighted by Crippen LogP contribution is 2.25. The summed E-state index contributed by atoms with van der Waals surface area (Å²) in [4.78, 5) is 0. The lowest BCUT2D eigenvalue weighted by atomic mass is 10.1. The van der Waals surface area contributed by atoms with Crippen LogP contribution in [0.1, 0.15) is 16.7 Å². The maximum atomic E-state index is 12.2. The van der Waals surface area contributed by atoms with Crippen LogP contribution in [0.5, 0.6) is 11.5 Å². The lowest BCUT2D eigenvalue weighted by Gasteiger charge is -2.13. The molecule has 0 aromatic heterocycles. The number of rotatable bonds is 7. The maximum absolute atomic E-state index is 12.2. The van der Waals surface area contributed by atoms with Gasteiger partial charge in [0.25, 0.3) is 0 Å². The Bertz CT molecular complexity index is 654. The van der Waals surface area contributed by atoms with E-state index in [1.165, 1.54) is 12.7 Å². The number of halogens is 3. The molecule has 0 bridgehead atoms. The van der Waals surface area contributed by atoms with Gasteiger partial charge in [-0.1, -0.05) is 35.9 Å². The number of hydrogen-bond acceptors (Lipinski definition) is 3. The lowest BCUT2D eigenvalue weighted by Crippen LogP contribution is -2.28. The third-order valence-electron chi connectivity index (χ3n) is 3.43. The first-order chi connectivity index (χ1) is 11.4. The van der Waals surface area contributed by atoms with Gasteiger partial charge in [-0.15, -0.1) is 0 Å². The number of hydrogen-bond donors (Lipinski definition) is 1. The van der Waals surface area contributed by atoms with Crippen molar-refractivity contribution in [2.45, 2.75) is 26.3 Å². The number of alkyl halides is 3. The smallest absolute Gasteiger partial charge is 0.401 e. The maximum Gasteiger partial charge on any atom is 0.401 e. The van der Waals surface area contributed by atoms with Crippen molar-refractivity contribution in [1.29, 1.82) is 0 Å². The van der Waals surface area contributed by atoms with Crippen molar-refractivity contribution in [2.75, 3.05) is 13.7 Å². The fraction of sp³-hybridized carbons (Fsp3) is 0.333. The van der Waals surface area contributed by atoms with Crippen LogP contribution in [-0.2, 0) is 13.2 Å². The molecule has 130 valence electrons. The molecule has 1 N–H and O–H groups in total. The minimum Gasteiger partial charge on any atom is -0.496 e. The van der Waals surface area contributed by atoms with E-state index in [4.69, 9.17) is 9.47 Å². The van der Waals surface area contributed by atoms with Gasteiger partial charge in [0, 0.05) is 18.2 Å². The Kier molecular flexibility index (Phi) is 6.09. The van der Waals surface area contributed by atoms with E-state index in [2.05, 4.69) is 5.32 Å². The van der Waals surface area contributed by atoms with Crippen molar-refractivity contribution in [3.63, 3.8) is 0 Å². The van der Waals surface area contributed by atoms with E-state index in [1.54, 1.807) is 18.2 Å². The van der Waals surface area contributed by atoms with Gasteiger partial charge in [0.05, 0.1) is 13.7 Å². The average molecular weight is 339 g/mol. The molecule has 0 saturated carbocycles. The second-order valence-corrected chi connectivity index (χ2v) is 5.47. The summed E-state index contributed by atoms with van der Waals surface area (Å²) in [6, 6.07) is 13.1. The van der Waals surface area contributed by atoms with Crippen LogP contribution in [0.2, 0.25) is 0 Å². The number of ether oxygens (including phenoxy) is 2. The van der Waals surface area contributed by atoms with E-state index in [0.29, 0.717) is 23.7 Å². The van der Waals surface area contributed by atoms with Crippen molar-refractivity contribution in [1.82, 2.24) is 5.32 Å². The van der Waals surface area contributed by atoms with Crippen molar-refractivity contribution < 1.29 is 22.6 Å². The molecule has 0 radical (unpaired) electrons. The second kappa shape index (κ2) is 8.06. The summed E-state index contributed by atoms with van der Waals surface area (Å²) in [7, 11) is 1.48. The predicted octanol–water partition coefficient (Wildman–Crippen LogP) is 4.23. The molecule has 0 fully saturated rings. The Balaban J connectivity index is 1.96. The van der Waals surface area contributed by atoms with Gasteiger partial charge in [0.15, 0.2) is 0 Å². The minimum atomic E-state index is -4.23. The summed E-state index contributed by atoms with van der Waals surface area (Å²) in [5, 5.41) is 2.35. The third kappa shape index (κ3) is 5.77. The predicted molar refractivity (Wildman–Crippen MR) is 86.3 cm³/mol. The van der Waals surface area contributed by atoms with Crippen LogP contribution in [0.15, 0.2) is 42.5 Å².